The first-order valence-corrected chi connectivity index (χ1v) is 8.95. The number of nitrogens with two attached hydrogens (primary N) is 1. The van der Waals surface area contributed by atoms with Gasteiger partial charge in [0.15, 0.2) is 5.82 Å². The highest BCUT2D eigenvalue weighted by Gasteiger charge is 2.29. The Morgan fingerprint density at radius 2 is 1.89 bits per heavy atom. The summed E-state index contributed by atoms with van der Waals surface area (Å²) in [5, 5.41) is 2.78. The lowest BCUT2D eigenvalue weighted by atomic mass is 10.1. The van der Waals surface area contributed by atoms with E-state index >= 15 is 0 Å². The highest BCUT2D eigenvalue weighted by molar-refractivity contribution is 5.92. The van der Waals surface area contributed by atoms with Gasteiger partial charge in [-0.15, -0.1) is 0 Å². The summed E-state index contributed by atoms with van der Waals surface area (Å²) < 4.78 is 13.1. The van der Waals surface area contributed by atoms with Gasteiger partial charge in [-0.2, -0.15) is 0 Å². The summed E-state index contributed by atoms with van der Waals surface area (Å²) in [7, 11) is 0. The number of urea groups is 1. The number of pyridine rings is 1. The van der Waals surface area contributed by atoms with E-state index in [4.69, 9.17) is 5.73 Å². The summed E-state index contributed by atoms with van der Waals surface area (Å²) in [6.45, 7) is 1.14. The molecule has 2 aromatic heterocycles. The number of halogens is 1. The Morgan fingerprint density at radius 3 is 2.64 bits per heavy atom. The highest BCUT2D eigenvalue weighted by Crippen LogP contribution is 2.27. The number of aromatic nitrogens is 3. The number of hydrogen-bond acceptors (Lipinski definition) is 5. The lowest BCUT2D eigenvalue weighted by molar-refractivity contribution is 0.222. The van der Waals surface area contributed by atoms with Gasteiger partial charge in [0.2, 0.25) is 0 Å². The molecule has 3 heterocycles. The first kappa shape index (κ1) is 17.8. The molecule has 1 fully saturated rings. The second-order valence-electron chi connectivity index (χ2n) is 6.61. The zero-order chi connectivity index (χ0) is 19.5. The summed E-state index contributed by atoms with van der Waals surface area (Å²) in [4.78, 5) is 27.3. The Morgan fingerprint density at radius 1 is 1.14 bits per heavy atom. The van der Waals surface area contributed by atoms with Crippen LogP contribution in [0.25, 0.3) is 11.3 Å². The summed E-state index contributed by atoms with van der Waals surface area (Å²) in [5.41, 5.74) is 7.68. The number of nitrogens with zero attached hydrogens (tertiary/aromatic N) is 4. The number of nitrogen functional groups attached to an aromatic ring is 1. The molecule has 0 aliphatic carbocycles. The molecular weight excluding hydrogens is 359 g/mol. The zero-order valence-electron chi connectivity index (χ0n) is 15.0. The van der Waals surface area contributed by atoms with Gasteiger partial charge in [0, 0.05) is 37.0 Å². The predicted molar refractivity (Wildman–Crippen MR) is 104 cm³/mol. The van der Waals surface area contributed by atoms with Gasteiger partial charge in [-0.25, -0.2) is 24.1 Å². The quantitative estimate of drug-likeness (QED) is 0.729. The molecule has 142 valence electrons. The molecular formula is C20H19FN6O. The SMILES string of the molecule is Nc1ccc(-c2ccc(F)cc2)nc1NC(=O)N1CCC(c2ncccn2)C1. The van der Waals surface area contributed by atoms with Crippen LogP contribution in [-0.2, 0) is 0 Å². The average molecular weight is 378 g/mol. The first-order chi connectivity index (χ1) is 13.6. The fourth-order valence-corrected chi connectivity index (χ4v) is 3.21. The minimum absolute atomic E-state index is 0.114. The molecule has 1 saturated heterocycles. The third kappa shape index (κ3) is 3.75. The Hall–Kier alpha value is -3.55. The van der Waals surface area contributed by atoms with E-state index in [1.807, 2.05) is 0 Å². The van der Waals surface area contributed by atoms with Crippen LogP contribution in [0.3, 0.4) is 0 Å². The van der Waals surface area contributed by atoms with Crippen LogP contribution in [0.2, 0.25) is 0 Å². The molecule has 1 aliphatic rings. The minimum Gasteiger partial charge on any atom is -0.396 e. The molecule has 1 aliphatic heterocycles. The topological polar surface area (TPSA) is 97.0 Å². The van der Waals surface area contributed by atoms with E-state index in [-0.39, 0.29) is 23.6 Å². The lowest BCUT2D eigenvalue weighted by Gasteiger charge is -2.18. The van der Waals surface area contributed by atoms with E-state index in [0.29, 0.717) is 24.5 Å². The van der Waals surface area contributed by atoms with Crippen molar-refractivity contribution in [1.29, 1.82) is 0 Å². The van der Waals surface area contributed by atoms with Gasteiger partial charge in [0.1, 0.15) is 11.6 Å². The van der Waals surface area contributed by atoms with E-state index in [1.54, 1.807) is 47.6 Å². The van der Waals surface area contributed by atoms with Crippen molar-refractivity contribution in [3.63, 3.8) is 0 Å². The summed E-state index contributed by atoms with van der Waals surface area (Å²) in [6.07, 6.45) is 4.21. The van der Waals surface area contributed by atoms with Gasteiger partial charge in [-0.1, -0.05) is 0 Å². The average Bonchev–Trinajstić information content (AvgIpc) is 3.21. The Labute approximate surface area is 161 Å². The van der Waals surface area contributed by atoms with Crippen molar-refractivity contribution in [2.24, 2.45) is 0 Å². The summed E-state index contributed by atoms with van der Waals surface area (Å²) in [5.74, 6) is 0.821. The summed E-state index contributed by atoms with van der Waals surface area (Å²) in [6, 6.07) is 10.9. The smallest absolute Gasteiger partial charge is 0.323 e. The van der Waals surface area contributed by atoms with E-state index in [2.05, 4.69) is 20.3 Å². The fraction of sp³-hybridized carbons (Fsp3) is 0.200. The second-order valence-corrected chi connectivity index (χ2v) is 6.61. The number of anilines is 2. The van der Waals surface area contributed by atoms with Gasteiger partial charge in [0.05, 0.1) is 11.4 Å². The second kappa shape index (κ2) is 7.59. The number of carbonyl (C=O) groups is 1. The molecule has 0 saturated carbocycles. The van der Waals surface area contributed by atoms with Crippen LogP contribution in [0.15, 0.2) is 54.9 Å². The van der Waals surface area contributed by atoms with E-state index in [1.165, 1.54) is 12.1 Å². The van der Waals surface area contributed by atoms with Crippen LogP contribution in [0, 0.1) is 5.82 Å². The normalized spacial score (nSPS) is 16.2. The third-order valence-corrected chi connectivity index (χ3v) is 4.72. The molecule has 8 heteroatoms. The maximum atomic E-state index is 13.1. The van der Waals surface area contributed by atoms with Gasteiger partial charge in [0.25, 0.3) is 0 Å². The molecule has 4 rings (SSSR count). The fourth-order valence-electron chi connectivity index (χ4n) is 3.21. The van der Waals surface area contributed by atoms with Crippen molar-refractivity contribution in [1.82, 2.24) is 19.9 Å². The van der Waals surface area contributed by atoms with E-state index < -0.39 is 0 Å². The number of carbonyl (C=O) groups excluding carboxylic acids is 1. The highest BCUT2D eigenvalue weighted by atomic mass is 19.1. The van der Waals surface area contributed by atoms with Crippen molar-refractivity contribution in [2.45, 2.75) is 12.3 Å². The molecule has 0 radical (unpaired) electrons. The van der Waals surface area contributed by atoms with Gasteiger partial charge in [-0.05, 0) is 48.9 Å². The molecule has 3 N–H and O–H groups in total. The van der Waals surface area contributed by atoms with Crippen LogP contribution in [-0.4, -0.2) is 39.0 Å². The standard InChI is InChI=1S/C20H19FN6O/c21-15-4-2-13(3-5-15)17-7-6-16(22)19(25-17)26-20(28)27-11-8-14(12-27)18-23-9-1-10-24-18/h1-7,9-10,14H,8,11-12,22H2,(H,25,26,28). The van der Waals surface area contributed by atoms with E-state index in [9.17, 15) is 9.18 Å². The van der Waals surface area contributed by atoms with Crippen LogP contribution in [0.4, 0.5) is 20.7 Å². The van der Waals surface area contributed by atoms with Crippen molar-refractivity contribution < 1.29 is 9.18 Å². The molecule has 0 bridgehead atoms. The monoisotopic (exact) mass is 378 g/mol. The Kier molecular flexibility index (Phi) is 4.84. The zero-order valence-corrected chi connectivity index (χ0v) is 15.0. The Balaban J connectivity index is 1.47. The van der Waals surface area contributed by atoms with Crippen LogP contribution in [0.5, 0.6) is 0 Å². The summed E-state index contributed by atoms with van der Waals surface area (Å²) >= 11 is 0. The molecule has 7 nitrogen and oxygen atoms in total. The minimum atomic E-state index is -0.321. The number of benzene rings is 1. The first-order valence-electron chi connectivity index (χ1n) is 8.95. The van der Waals surface area contributed by atoms with Gasteiger partial charge < -0.3 is 10.6 Å². The molecule has 1 unspecified atom stereocenters. The van der Waals surface area contributed by atoms with Gasteiger partial charge >= 0.3 is 6.03 Å². The van der Waals surface area contributed by atoms with Crippen LogP contribution >= 0.6 is 0 Å². The number of nitrogens with one attached hydrogen (secondary N) is 1. The maximum Gasteiger partial charge on any atom is 0.323 e. The molecule has 1 atom stereocenters. The number of hydrogen-bond donors (Lipinski definition) is 2. The molecule has 3 aromatic rings. The van der Waals surface area contributed by atoms with Crippen LogP contribution in [0.1, 0.15) is 18.2 Å². The number of likely N-dealkylation sites (tertiary alicyclic amines) is 1. The van der Waals surface area contributed by atoms with Crippen molar-refractivity contribution in [3.05, 3.63) is 66.5 Å². The maximum absolute atomic E-state index is 13.1. The Bertz CT molecular complexity index is 980. The lowest BCUT2D eigenvalue weighted by Crippen LogP contribution is -2.33. The molecule has 28 heavy (non-hydrogen) atoms. The van der Waals surface area contributed by atoms with Crippen LogP contribution < -0.4 is 11.1 Å². The van der Waals surface area contributed by atoms with Crippen molar-refractivity contribution >= 4 is 17.5 Å². The largest absolute Gasteiger partial charge is 0.396 e. The molecule has 1 aromatic carbocycles. The van der Waals surface area contributed by atoms with Crippen molar-refractivity contribution in [2.75, 3.05) is 24.1 Å². The van der Waals surface area contributed by atoms with Gasteiger partial charge in [-0.3, -0.25) is 5.32 Å². The molecule has 0 spiro atoms. The molecule has 2 amide bonds. The van der Waals surface area contributed by atoms with E-state index in [0.717, 1.165) is 17.8 Å². The predicted octanol–water partition coefficient (Wildman–Crippen LogP) is 3.28. The number of amides is 2. The third-order valence-electron chi connectivity index (χ3n) is 4.72. The number of rotatable bonds is 3. The van der Waals surface area contributed by atoms with Crippen molar-refractivity contribution in [3.8, 4) is 11.3 Å².